The van der Waals surface area contributed by atoms with Crippen LogP contribution in [0.4, 0.5) is 0 Å². The van der Waals surface area contributed by atoms with Gasteiger partial charge >= 0.3 is 0 Å². The van der Waals surface area contributed by atoms with E-state index >= 15 is 0 Å². The van der Waals surface area contributed by atoms with Gasteiger partial charge in [-0.05, 0) is 30.2 Å². The van der Waals surface area contributed by atoms with Crippen LogP contribution in [-0.4, -0.2) is 34.9 Å². The van der Waals surface area contributed by atoms with Crippen LogP contribution in [0.5, 0.6) is 0 Å². The number of fused-ring (bicyclic) bond motifs is 1. The molecule has 7 heteroatoms. The van der Waals surface area contributed by atoms with E-state index in [1.54, 1.807) is 11.8 Å². The predicted octanol–water partition coefficient (Wildman–Crippen LogP) is 2.53. The number of amides is 3. The number of imide groups is 1. The monoisotopic (exact) mass is 352 g/mol. The van der Waals surface area contributed by atoms with Crippen molar-refractivity contribution in [2.24, 2.45) is 0 Å². The van der Waals surface area contributed by atoms with Crippen LogP contribution < -0.4 is 5.32 Å². The van der Waals surface area contributed by atoms with Gasteiger partial charge in [-0.15, -0.1) is 11.8 Å². The number of thioether (sulfide) groups is 1. The summed E-state index contributed by atoms with van der Waals surface area (Å²) in [6, 6.07) is 5.65. The molecule has 0 saturated carbocycles. The van der Waals surface area contributed by atoms with E-state index in [0.29, 0.717) is 5.02 Å². The van der Waals surface area contributed by atoms with Crippen molar-refractivity contribution in [2.75, 3.05) is 12.3 Å². The molecule has 122 valence electrons. The number of nitrogens with zero attached hydrogens (tertiary/aromatic N) is 1. The van der Waals surface area contributed by atoms with Crippen LogP contribution >= 0.6 is 23.4 Å². The summed E-state index contributed by atoms with van der Waals surface area (Å²) in [5.74, 6) is 0.409. The third kappa shape index (κ3) is 3.70. The summed E-state index contributed by atoms with van der Waals surface area (Å²) in [5, 5.41) is 3.65. The van der Waals surface area contributed by atoms with E-state index in [-0.39, 0.29) is 49.6 Å². The van der Waals surface area contributed by atoms with E-state index in [4.69, 9.17) is 11.6 Å². The van der Waals surface area contributed by atoms with Crippen molar-refractivity contribution in [3.8, 4) is 0 Å². The van der Waals surface area contributed by atoms with Gasteiger partial charge in [0.1, 0.15) is 0 Å². The minimum absolute atomic E-state index is 0.0672. The fraction of sp³-hybridized carbons (Fsp3) is 0.438. The molecule has 0 bridgehead atoms. The van der Waals surface area contributed by atoms with Crippen molar-refractivity contribution in [1.82, 2.24) is 10.2 Å². The average molecular weight is 353 g/mol. The number of rotatable bonds is 4. The SMILES string of the molecule is O=C(CCN1C(=O)CCC1=O)N[C@@H]1CCSc2ccc(Cl)cc21. The van der Waals surface area contributed by atoms with Gasteiger partial charge < -0.3 is 5.32 Å². The molecule has 1 aromatic carbocycles. The first-order valence-electron chi connectivity index (χ1n) is 7.59. The van der Waals surface area contributed by atoms with Crippen LogP contribution in [0, 0.1) is 0 Å². The molecule has 3 rings (SSSR count). The first-order valence-corrected chi connectivity index (χ1v) is 8.96. The Morgan fingerprint density at radius 3 is 2.78 bits per heavy atom. The predicted molar refractivity (Wildman–Crippen MR) is 88.2 cm³/mol. The van der Waals surface area contributed by atoms with Crippen molar-refractivity contribution >= 4 is 41.1 Å². The van der Waals surface area contributed by atoms with Crippen molar-refractivity contribution in [2.45, 2.75) is 36.6 Å². The maximum Gasteiger partial charge on any atom is 0.229 e. The third-order valence-electron chi connectivity index (χ3n) is 4.06. The fourth-order valence-corrected chi connectivity index (χ4v) is 4.15. The number of carbonyl (C=O) groups excluding carboxylic acids is 3. The summed E-state index contributed by atoms with van der Waals surface area (Å²) >= 11 is 7.81. The van der Waals surface area contributed by atoms with Crippen molar-refractivity contribution in [3.63, 3.8) is 0 Å². The summed E-state index contributed by atoms with van der Waals surface area (Å²) in [4.78, 5) is 37.6. The van der Waals surface area contributed by atoms with Gasteiger partial charge in [-0.1, -0.05) is 11.6 Å². The number of likely N-dealkylation sites (tertiary alicyclic amines) is 1. The number of halogens is 1. The van der Waals surface area contributed by atoms with Crippen molar-refractivity contribution < 1.29 is 14.4 Å². The molecule has 0 radical (unpaired) electrons. The summed E-state index contributed by atoms with van der Waals surface area (Å²) in [6.45, 7) is 0.160. The summed E-state index contributed by atoms with van der Waals surface area (Å²) in [5.41, 5.74) is 1.04. The first kappa shape index (κ1) is 16.3. The van der Waals surface area contributed by atoms with Gasteiger partial charge in [-0.2, -0.15) is 0 Å². The average Bonchev–Trinajstić information content (AvgIpc) is 2.84. The Morgan fingerprint density at radius 1 is 1.30 bits per heavy atom. The summed E-state index contributed by atoms with van der Waals surface area (Å²) in [6.07, 6.45) is 1.49. The lowest BCUT2D eigenvalue weighted by atomic mass is 10.0. The molecule has 1 saturated heterocycles. The Labute approximate surface area is 143 Å². The number of benzene rings is 1. The molecule has 2 heterocycles. The molecule has 0 unspecified atom stereocenters. The highest BCUT2D eigenvalue weighted by atomic mass is 35.5. The zero-order valence-corrected chi connectivity index (χ0v) is 14.1. The Bertz CT molecular complexity index is 649. The fourth-order valence-electron chi connectivity index (χ4n) is 2.87. The van der Waals surface area contributed by atoms with E-state index in [1.807, 2.05) is 18.2 Å². The number of nitrogens with one attached hydrogen (secondary N) is 1. The maximum absolute atomic E-state index is 12.2. The van der Waals surface area contributed by atoms with Gasteiger partial charge in [0.2, 0.25) is 17.7 Å². The molecule has 5 nitrogen and oxygen atoms in total. The van der Waals surface area contributed by atoms with Crippen LogP contribution in [0.1, 0.15) is 37.3 Å². The molecule has 1 aromatic rings. The van der Waals surface area contributed by atoms with Crippen molar-refractivity contribution in [3.05, 3.63) is 28.8 Å². The second-order valence-electron chi connectivity index (χ2n) is 5.63. The minimum Gasteiger partial charge on any atom is -0.349 e. The number of hydrogen-bond donors (Lipinski definition) is 1. The molecule has 23 heavy (non-hydrogen) atoms. The van der Waals surface area contributed by atoms with E-state index in [0.717, 1.165) is 22.6 Å². The van der Waals surface area contributed by atoms with Crippen LogP contribution in [0.2, 0.25) is 5.02 Å². The third-order valence-corrected chi connectivity index (χ3v) is 5.42. The van der Waals surface area contributed by atoms with Crippen molar-refractivity contribution in [1.29, 1.82) is 0 Å². The quantitative estimate of drug-likeness (QED) is 0.846. The Kier molecular flexibility index (Phi) is 4.92. The normalized spacial score (nSPS) is 20.6. The van der Waals surface area contributed by atoms with Crippen LogP contribution in [0.3, 0.4) is 0 Å². The highest BCUT2D eigenvalue weighted by Gasteiger charge is 2.29. The highest BCUT2D eigenvalue weighted by Crippen LogP contribution is 2.37. The molecule has 0 aromatic heterocycles. The number of carbonyl (C=O) groups is 3. The molecule has 2 aliphatic heterocycles. The van der Waals surface area contributed by atoms with Gasteiger partial charge in [0.15, 0.2) is 0 Å². The number of hydrogen-bond acceptors (Lipinski definition) is 4. The molecule has 0 spiro atoms. The molecule has 2 aliphatic rings. The largest absolute Gasteiger partial charge is 0.349 e. The van der Waals surface area contributed by atoms with E-state index in [2.05, 4.69) is 5.32 Å². The molecule has 3 amide bonds. The Hall–Kier alpha value is -1.53. The molecular formula is C16H17ClN2O3S. The smallest absolute Gasteiger partial charge is 0.229 e. The lowest BCUT2D eigenvalue weighted by Crippen LogP contribution is -2.36. The van der Waals surface area contributed by atoms with Gasteiger partial charge in [0, 0.05) is 41.5 Å². The van der Waals surface area contributed by atoms with Crippen LogP contribution in [0.15, 0.2) is 23.1 Å². The minimum atomic E-state index is -0.186. The second kappa shape index (κ2) is 6.93. The molecule has 1 fully saturated rings. The highest BCUT2D eigenvalue weighted by molar-refractivity contribution is 7.99. The molecule has 1 atom stereocenters. The molecular weight excluding hydrogens is 336 g/mol. The van der Waals surface area contributed by atoms with Gasteiger partial charge in [0.05, 0.1) is 6.04 Å². The Morgan fingerprint density at radius 2 is 2.04 bits per heavy atom. The van der Waals surface area contributed by atoms with E-state index in [1.165, 1.54) is 4.90 Å². The summed E-state index contributed by atoms with van der Waals surface area (Å²) in [7, 11) is 0. The van der Waals surface area contributed by atoms with Gasteiger partial charge in [-0.25, -0.2) is 0 Å². The lowest BCUT2D eigenvalue weighted by Gasteiger charge is -2.26. The zero-order valence-electron chi connectivity index (χ0n) is 12.5. The van der Waals surface area contributed by atoms with Crippen LogP contribution in [0.25, 0.3) is 0 Å². The topological polar surface area (TPSA) is 66.5 Å². The molecule has 1 N–H and O–H groups in total. The van der Waals surface area contributed by atoms with Gasteiger partial charge in [0.25, 0.3) is 0 Å². The van der Waals surface area contributed by atoms with E-state index in [9.17, 15) is 14.4 Å². The van der Waals surface area contributed by atoms with Gasteiger partial charge in [-0.3, -0.25) is 19.3 Å². The summed E-state index contributed by atoms with van der Waals surface area (Å²) < 4.78 is 0. The Balaban J connectivity index is 1.60. The van der Waals surface area contributed by atoms with E-state index < -0.39 is 0 Å². The lowest BCUT2D eigenvalue weighted by molar-refractivity contribution is -0.138. The first-order chi connectivity index (χ1) is 11.0. The standard InChI is InChI=1S/C16H17ClN2O3S/c17-10-1-2-13-11(9-10)12(6-8-23-13)18-14(20)5-7-19-15(21)3-4-16(19)22/h1-2,9,12H,3-8H2,(H,18,20)/t12-/m1/s1. The van der Waals surface area contributed by atoms with Crippen LogP contribution in [-0.2, 0) is 14.4 Å². The zero-order chi connectivity index (χ0) is 16.4. The molecule has 0 aliphatic carbocycles. The maximum atomic E-state index is 12.2. The second-order valence-corrected chi connectivity index (χ2v) is 7.20.